The maximum Gasteiger partial charge on any atom is 0.416 e. The minimum atomic E-state index is -4.58. The van der Waals surface area contributed by atoms with Crippen LogP contribution in [-0.2, 0) is 25.3 Å². The van der Waals surface area contributed by atoms with Crippen molar-refractivity contribution in [2.75, 3.05) is 17.2 Å². The number of ether oxygens (including phenoxy) is 1. The van der Waals surface area contributed by atoms with Crippen molar-refractivity contribution >= 4 is 52.4 Å². The zero-order chi connectivity index (χ0) is 23.9. The van der Waals surface area contributed by atoms with Crippen LogP contribution in [0.1, 0.15) is 30.4 Å². The molecule has 2 aromatic carbocycles. The van der Waals surface area contributed by atoms with Gasteiger partial charge in [-0.05, 0) is 49.2 Å². The van der Waals surface area contributed by atoms with Crippen molar-refractivity contribution in [1.29, 1.82) is 0 Å². The third-order valence-corrected chi connectivity index (χ3v) is 5.00. The summed E-state index contributed by atoms with van der Waals surface area (Å²) < 4.78 is 43.2. The van der Waals surface area contributed by atoms with Gasteiger partial charge >= 0.3 is 12.1 Å². The average Bonchev–Trinajstić information content (AvgIpc) is 2.70. The van der Waals surface area contributed by atoms with Gasteiger partial charge in [0.2, 0.25) is 5.91 Å². The van der Waals surface area contributed by atoms with Crippen molar-refractivity contribution in [3.8, 4) is 0 Å². The van der Waals surface area contributed by atoms with Crippen LogP contribution in [0.25, 0.3) is 0 Å². The van der Waals surface area contributed by atoms with Gasteiger partial charge in [-0.3, -0.25) is 14.4 Å². The van der Waals surface area contributed by atoms with Crippen LogP contribution in [0.15, 0.2) is 36.4 Å². The number of halogens is 5. The Morgan fingerprint density at radius 1 is 0.938 bits per heavy atom. The first kappa shape index (κ1) is 25.5. The number of alkyl halides is 3. The van der Waals surface area contributed by atoms with Crippen LogP contribution in [0.2, 0.25) is 10.0 Å². The fourth-order valence-electron chi connectivity index (χ4n) is 2.55. The second-order valence-corrected chi connectivity index (χ2v) is 7.53. The molecule has 0 saturated carbocycles. The first-order chi connectivity index (χ1) is 15.0. The molecule has 0 atom stereocenters. The topological polar surface area (TPSA) is 84.5 Å². The highest BCUT2D eigenvalue weighted by Crippen LogP contribution is 2.33. The number of amides is 2. The van der Waals surface area contributed by atoms with E-state index in [0.717, 1.165) is 18.2 Å². The quantitative estimate of drug-likeness (QED) is 0.470. The highest BCUT2D eigenvalue weighted by Gasteiger charge is 2.31. The summed E-state index contributed by atoms with van der Waals surface area (Å²) in [5, 5.41) is 5.28. The Labute approximate surface area is 192 Å². The Balaban J connectivity index is 1.74. The van der Waals surface area contributed by atoms with E-state index in [-0.39, 0.29) is 30.0 Å². The molecule has 0 spiro atoms. The molecule has 11 heteroatoms. The normalized spacial score (nSPS) is 11.1. The molecule has 0 aromatic heterocycles. The number of carbonyl (C=O) groups is 3. The van der Waals surface area contributed by atoms with E-state index in [1.54, 1.807) is 25.1 Å². The molecule has 2 rings (SSSR count). The largest absolute Gasteiger partial charge is 0.456 e. The number of carbonyl (C=O) groups excluding carboxylic acids is 3. The molecule has 2 aromatic rings. The van der Waals surface area contributed by atoms with E-state index in [0.29, 0.717) is 16.3 Å². The van der Waals surface area contributed by atoms with Crippen LogP contribution in [0.4, 0.5) is 24.5 Å². The first-order valence-corrected chi connectivity index (χ1v) is 10.1. The maximum atomic E-state index is 12.8. The summed E-state index contributed by atoms with van der Waals surface area (Å²) in [5.41, 5.74) is 0.0262. The van der Waals surface area contributed by atoms with Crippen molar-refractivity contribution < 1.29 is 32.3 Å². The van der Waals surface area contributed by atoms with Gasteiger partial charge in [0.25, 0.3) is 5.91 Å². The van der Waals surface area contributed by atoms with E-state index in [1.165, 1.54) is 0 Å². The summed E-state index contributed by atoms with van der Waals surface area (Å²) >= 11 is 11.8. The smallest absolute Gasteiger partial charge is 0.416 e. The van der Waals surface area contributed by atoms with E-state index < -0.39 is 36.1 Å². The van der Waals surface area contributed by atoms with E-state index in [2.05, 4.69) is 10.6 Å². The third kappa shape index (κ3) is 7.72. The fourth-order valence-corrected chi connectivity index (χ4v) is 2.89. The molecule has 0 radical (unpaired) electrons. The van der Waals surface area contributed by atoms with Crippen molar-refractivity contribution in [3.63, 3.8) is 0 Å². The lowest BCUT2D eigenvalue weighted by Gasteiger charge is -2.12. The molecule has 172 valence electrons. The number of hydrogen-bond acceptors (Lipinski definition) is 4. The Hall–Kier alpha value is -2.78. The summed E-state index contributed by atoms with van der Waals surface area (Å²) in [4.78, 5) is 35.6. The van der Waals surface area contributed by atoms with Crippen LogP contribution in [0.3, 0.4) is 0 Å². The lowest BCUT2D eigenvalue weighted by atomic mass is 10.2. The molecule has 6 nitrogen and oxygen atoms in total. The summed E-state index contributed by atoms with van der Waals surface area (Å²) in [7, 11) is 0. The lowest BCUT2D eigenvalue weighted by Crippen LogP contribution is -2.21. The maximum absolute atomic E-state index is 12.8. The molecular formula is C21H19Cl2F3N2O4. The highest BCUT2D eigenvalue weighted by atomic mass is 35.5. The van der Waals surface area contributed by atoms with Gasteiger partial charge in [0.15, 0.2) is 6.61 Å². The Morgan fingerprint density at radius 3 is 2.31 bits per heavy atom. The van der Waals surface area contributed by atoms with Gasteiger partial charge in [0, 0.05) is 23.6 Å². The molecule has 0 aliphatic rings. The predicted molar refractivity (Wildman–Crippen MR) is 115 cm³/mol. The van der Waals surface area contributed by atoms with Gasteiger partial charge in [-0.25, -0.2) is 0 Å². The van der Waals surface area contributed by atoms with Gasteiger partial charge in [-0.2, -0.15) is 13.2 Å². The lowest BCUT2D eigenvalue weighted by molar-refractivity contribution is -0.147. The second kappa shape index (κ2) is 11.2. The molecular weight excluding hydrogens is 472 g/mol. The van der Waals surface area contributed by atoms with E-state index in [9.17, 15) is 27.6 Å². The van der Waals surface area contributed by atoms with E-state index in [1.807, 2.05) is 0 Å². The Morgan fingerprint density at radius 2 is 1.62 bits per heavy atom. The summed E-state index contributed by atoms with van der Waals surface area (Å²) in [6.07, 6.45) is -4.83. The first-order valence-electron chi connectivity index (χ1n) is 9.34. The number of anilines is 2. The summed E-state index contributed by atoms with van der Waals surface area (Å²) in [6.45, 7) is 1.21. The molecule has 2 N–H and O–H groups in total. The Kier molecular flexibility index (Phi) is 8.91. The van der Waals surface area contributed by atoms with Gasteiger partial charge in [0.05, 0.1) is 16.3 Å². The molecule has 0 saturated heterocycles. The summed E-state index contributed by atoms with van der Waals surface area (Å²) in [5.74, 6) is -1.87. The van der Waals surface area contributed by atoms with Gasteiger partial charge in [0.1, 0.15) is 0 Å². The van der Waals surface area contributed by atoms with Crippen molar-refractivity contribution in [3.05, 3.63) is 57.6 Å². The SMILES string of the molecule is Cc1c(Cl)cccc1NC(=O)COC(=O)CCCC(=O)Nc1cc(C(F)(F)F)ccc1Cl. The van der Waals surface area contributed by atoms with Crippen LogP contribution in [0, 0.1) is 6.92 Å². The molecule has 32 heavy (non-hydrogen) atoms. The average molecular weight is 491 g/mol. The van der Waals surface area contributed by atoms with Crippen LogP contribution < -0.4 is 10.6 Å². The van der Waals surface area contributed by atoms with Crippen molar-refractivity contribution in [1.82, 2.24) is 0 Å². The van der Waals surface area contributed by atoms with Crippen LogP contribution in [-0.4, -0.2) is 24.4 Å². The summed E-state index contributed by atoms with van der Waals surface area (Å²) in [6, 6.07) is 7.55. The van der Waals surface area contributed by atoms with E-state index >= 15 is 0 Å². The fraction of sp³-hybridized carbons (Fsp3) is 0.286. The van der Waals surface area contributed by atoms with Crippen LogP contribution in [0.5, 0.6) is 0 Å². The third-order valence-electron chi connectivity index (χ3n) is 4.26. The zero-order valence-corrected chi connectivity index (χ0v) is 18.3. The zero-order valence-electron chi connectivity index (χ0n) is 16.8. The molecule has 0 unspecified atom stereocenters. The molecule has 0 heterocycles. The minimum Gasteiger partial charge on any atom is -0.456 e. The standard InChI is InChI=1S/C21H19Cl2F3N2O4/c1-12-14(22)4-2-5-16(12)27-19(30)11-32-20(31)7-3-6-18(29)28-17-10-13(21(24,25)26)8-9-15(17)23/h2,4-5,8-10H,3,6-7,11H2,1H3,(H,27,30)(H,28,29). The molecule has 0 bridgehead atoms. The van der Waals surface area contributed by atoms with Gasteiger partial charge < -0.3 is 15.4 Å². The molecule has 0 aliphatic heterocycles. The minimum absolute atomic E-state index is 0.0493. The number of benzene rings is 2. The van der Waals surface area contributed by atoms with Gasteiger partial charge in [-0.15, -0.1) is 0 Å². The van der Waals surface area contributed by atoms with Crippen molar-refractivity contribution in [2.24, 2.45) is 0 Å². The highest BCUT2D eigenvalue weighted by molar-refractivity contribution is 6.33. The van der Waals surface area contributed by atoms with E-state index in [4.69, 9.17) is 27.9 Å². The predicted octanol–water partition coefficient (Wildman–Crippen LogP) is 5.61. The van der Waals surface area contributed by atoms with Crippen molar-refractivity contribution in [2.45, 2.75) is 32.4 Å². The second-order valence-electron chi connectivity index (χ2n) is 6.72. The molecule has 0 aliphatic carbocycles. The number of rotatable bonds is 8. The molecule has 0 fully saturated rings. The number of hydrogen-bond donors (Lipinski definition) is 2. The monoisotopic (exact) mass is 490 g/mol. The van der Waals surface area contributed by atoms with Gasteiger partial charge in [-0.1, -0.05) is 29.3 Å². The number of esters is 1. The molecule has 2 amide bonds. The number of nitrogens with one attached hydrogen (secondary N) is 2. The van der Waals surface area contributed by atoms with Crippen LogP contribution >= 0.6 is 23.2 Å². The Bertz CT molecular complexity index is 1010.